The average molecular weight is 300 g/mol. The lowest BCUT2D eigenvalue weighted by Crippen LogP contribution is -2.32. The quantitative estimate of drug-likeness (QED) is 0.167. The normalized spacial score (nSPS) is 13.6. The number of nitrogens with two attached hydrogens (primary N) is 2. The zero-order chi connectivity index (χ0) is 15.4. The number of Topliss-reactive ketones (excluding diaryl/α,β-unsaturated/α-hetero) is 1. The number of carbonyl (C=O) groups excluding carboxylic acids is 2. The Labute approximate surface area is 120 Å². The summed E-state index contributed by atoms with van der Waals surface area (Å²) in [5.74, 6) is -2.67. The summed E-state index contributed by atoms with van der Waals surface area (Å²) in [5, 5.41) is 19.2. The minimum absolute atomic E-state index is 0.0584. The third-order valence-corrected chi connectivity index (χ3v) is 2.85. The molecule has 0 bridgehead atoms. The van der Waals surface area contributed by atoms with E-state index in [1.165, 1.54) is 6.92 Å². The van der Waals surface area contributed by atoms with Gasteiger partial charge in [-0.15, -0.1) is 0 Å². The molecule has 1 aromatic rings. The van der Waals surface area contributed by atoms with Gasteiger partial charge in [0.1, 0.15) is 11.8 Å². The highest BCUT2D eigenvalue weighted by Gasteiger charge is 2.22. The highest BCUT2D eigenvalue weighted by Crippen LogP contribution is 2.34. The van der Waals surface area contributed by atoms with E-state index in [4.69, 9.17) is 16.2 Å². The number of hydrogen-bond donors (Lipinski definition) is 5. The van der Waals surface area contributed by atoms with Crippen LogP contribution in [0.4, 0.5) is 0 Å². The molecule has 1 rings (SSSR count). The Hall–Kier alpha value is -1.77. The first kappa shape index (κ1) is 16.3. The summed E-state index contributed by atoms with van der Waals surface area (Å²) in [5.41, 5.74) is 10.6. The van der Waals surface area contributed by atoms with Crippen LogP contribution >= 0.6 is 12.6 Å². The molecule has 1 aromatic carbocycles. The van der Waals surface area contributed by atoms with E-state index in [9.17, 15) is 19.8 Å². The lowest BCUT2D eigenvalue weighted by Gasteiger charge is -2.13. The molecule has 110 valence electrons. The zero-order valence-electron chi connectivity index (χ0n) is 10.7. The molecule has 0 heterocycles. The van der Waals surface area contributed by atoms with Gasteiger partial charge in [0.2, 0.25) is 0 Å². The fourth-order valence-electron chi connectivity index (χ4n) is 1.33. The van der Waals surface area contributed by atoms with E-state index in [0.717, 1.165) is 12.1 Å². The number of phenolic OH excluding ortho intramolecular Hbond substituents is 2. The van der Waals surface area contributed by atoms with Gasteiger partial charge in [0.05, 0.1) is 11.6 Å². The Bertz CT molecular complexity index is 533. The van der Waals surface area contributed by atoms with Crippen LogP contribution in [0, 0.1) is 0 Å². The molecule has 7 nitrogen and oxygen atoms in total. The van der Waals surface area contributed by atoms with Crippen molar-refractivity contribution in [2.24, 2.45) is 11.5 Å². The number of esters is 1. The highest BCUT2D eigenvalue weighted by atomic mass is 32.1. The van der Waals surface area contributed by atoms with Gasteiger partial charge in [-0.05, 0) is 13.0 Å². The second-order valence-corrected chi connectivity index (χ2v) is 4.57. The van der Waals surface area contributed by atoms with Gasteiger partial charge < -0.3 is 26.4 Å². The molecule has 0 fully saturated rings. The molecule has 0 aliphatic rings. The first-order chi connectivity index (χ1) is 9.27. The predicted molar refractivity (Wildman–Crippen MR) is 75.2 cm³/mol. The summed E-state index contributed by atoms with van der Waals surface area (Å²) in [6.45, 7) is 1.42. The summed E-state index contributed by atoms with van der Waals surface area (Å²) in [4.78, 5) is 23.3. The number of rotatable bonds is 5. The number of hydrogen-bond acceptors (Lipinski definition) is 8. The minimum atomic E-state index is -0.956. The Morgan fingerprint density at radius 1 is 1.35 bits per heavy atom. The van der Waals surface area contributed by atoms with Gasteiger partial charge in [-0.25, -0.2) is 4.79 Å². The topological polar surface area (TPSA) is 136 Å². The monoisotopic (exact) mass is 300 g/mol. The maximum absolute atomic E-state index is 11.9. The fourth-order valence-corrected chi connectivity index (χ4v) is 1.50. The Balaban J connectivity index is 3.16. The van der Waals surface area contributed by atoms with Crippen molar-refractivity contribution in [2.75, 3.05) is 5.75 Å². The van der Waals surface area contributed by atoms with Gasteiger partial charge >= 0.3 is 5.97 Å². The second kappa shape index (κ2) is 6.60. The highest BCUT2D eigenvalue weighted by molar-refractivity contribution is 7.80. The Morgan fingerprint density at radius 2 is 1.95 bits per heavy atom. The summed E-state index contributed by atoms with van der Waals surface area (Å²) in [7, 11) is 0. The smallest absolute Gasteiger partial charge is 0.328 e. The van der Waals surface area contributed by atoms with E-state index in [1.54, 1.807) is 0 Å². The van der Waals surface area contributed by atoms with Gasteiger partial charge in [-0.2, -0.15) is 12.6 Å². The number of ether oxygens (including phenoxy) is 1. The van der Waals surface area contributed by atoms with Crippen LogP contribution in [0.1, 0.15) is 17.3 Å². The molecule has 0 radical (unpaired) electrons. The van der Waals surface area contributed by atoms with E-state index >= 15 is 0 Å². The number of carbonyl (C=O) groups is 2. The molecule has 6 N–H and O–H groups in total. The van der Waals surface area contributed by atoms with Crippen LogP contribution in [0.5, 0.6) is 17.2 Å². The summed E-state index contributed by atoms with van der Waals surface area (Å²) in [6, 6.07) is 0.285. The lowest BCUT2D eigenvalue weighted by atomic mass is 10.0. The average Bonchev–Trinajstić information content (AvgIpc) is 2.40. The summed E-state index contributed by atoms with van der Waals surface area (Å²) < 4.78 is 4.87. The van der Waals surface area contributed by atoms with Gasteiger partial charge in [0.15, 0.2) is 17.3 Å². The van der Waals surface area contributed by atoms with Crippen molar-refractivity contribution in [3.8, 4) is 17.2 Å². The van der Waals surface area contributed by atoms with Gasteiger partial charge in [0, 0.05) is 11.8 Å². The molecule has 0 saturated heterocycles. The lowest BCUT2D eigenvalue weighted by molar-refractivity contribution is -0.135. The Morgan fingerprint density at radius 3 is 2.45 bits per heavy atom. The molecule has 0 amide bonds. The van der Waals surface area contributed by atoms with E-state index in [0.29, 0.717) is 0 Å². The van der Waals surface area contributed by atoms with Crippen LogP contribution < -0.4 is 16.2 Å². The molecule has 0 aliphatic heterocycles. The van der Waals surface area contributed by atoms with E-state index in [-0.39, 0.29) is 17.1 Å². The molecule has 0 unspecified atom stereocenters. The molecule has 0 aromatic heterocycles. The van der Waals surface area contributed by atoms with Crippen molar-refractivity contribution in [1.82, 2.24) is 0 Å². The maximum Gasteiger partial charge on any atom is 0.328 e. The molecule has 0 saturated carbocycles. The van der Waals surface area contributed by atoms with E-state index < -0.39 is 35.3 Å². The fraction of sp³-hybridized carbons (Fsp3) is 0.333. The number of ketones is 1. The SMILES string of the molecule is C[C@H](N)C(=O)Oc1cc(O)c(O)c(C(=O)[C@@H](N)CS)c1. The van der Waals surface area contributed by atoms with Crippen molar-refractivity contribution < 1.29 is 24.5 Å². The van der Waals surface area contributed by atoms with Crippen molar-refractivity contribution in [3.63, 3.8) is 0 Å². The van der Waals surface area contributed by atoms with E-state index in [1.807, 2.05) is 0 Å². The standard InChI is InChI=1S/C12H16N2O5S/c1-5(13)12(18)19-6-2-7(10(16)8(14)4-20)11(17)9(15)3-6/h2-3,5,8,15,17,20H,4,13-14H2,1H3/t5-,8-/m0/s1. The predicted octanol–water partition coefficient (Wildman–Crippen LogP) is -0.210. The van der Waals surface area contributed by atoms with Gasteiger partial charge in [-0.3, -0.25) is 4.79 Å². The van der Waals surface area contributed by atoms with Crippen molar-refractivity contribution in [1.29, 1.82) is 0 Å². The number of thiol groups is 1. The first-order valence-electron chi connectivity index (χ1n) is 5.71. The molecular weight excluding hydrogens is 284 g/mol. The summed E-state index contributed by atoms with van der Waals surface area (Å²) >= 11 is 3.88. The van der Waals surface area contributed by atoms with Crippen LogP contribution in [0.25, 0.3) is 0 Å². The minimum Gasteiger partial charge on any atom is -0.504 e. The second-order valence-electron chi connectivity index (χ2n) is 4.20. The van der Waals surface area contributed by atoms with Gasteiger partial charge in [-0.1, -0.05) is 0 Å². The molecular formula is C12H16N2O5S. The zero-order valence-corrected chi connectivity index (χ0v) is 11.6. The van der Waals surface area contributed by atoms with Crippen LogP contribution in [0.3, 0.4) is 0 Å². The summed E-state index contributed by atoms with van der Waals surface area (Å²) in [6.07, 6.45) is 0. The van der Waals surface area contributed by atoms with Crippen LogP contribution in [0.2, 0.25) is 0 Å². The van der Waals surface area contributed by atoms with Gasteiger partial charge in [0.25, 0.3) is 0 Å². The van der Waals surface area contributed by atoms with E-state index in [2.05, 4.69) is 12.6 Å². The van der Waals surface area contributed by atoms with Crippen molar-refractivity contribution in [2.45, 2.75) is 19.0 Å². The van der Waals surface area contributed by atoms with Crippen LogP contribution in [-0.2, 0) is 4.79 Å². The largest absolute Gasteiger partial charge is 0.504 e. The maximum atomic E-state index is 11.9. The number of aromatic hydroxyl groups is 2. The molecule has 2 atom stereocenters. The molecule has 20 heavy (non-hydrogen) atoms. The third-order valence-electron chi connectivity index (χ3n) is 2.45. The molecule has 0 aliphatic carbocycles. The van der Waals surface area contributed by atoms with Crippen molar-refractivity contribution >= 4 is 24.4 Å². The number of phenols is 2. The molecule has 0 spiro atoms. The Kier molecular flexibility index (Phi) is 5.37. The number of benzene rings is 1. The third kappa shape index (κ3) is 3.62. The van der Waals surface area contributed by atoms with Crippen LogP contribution in [0.15, 0.2) is 12.1 Å². The van der Waals surface area contributed by atoms with Crippen molar-refractivity contribution in [3.05, 3.63) is 17.7 Å². The first-order valence-corrected chi connectivity index (χ1v) is 6.35. The van der Waals surface area contributed by atoms with Crippen LogP contribution in [-0.4, -0.2) is 39.8 Å². The molecule has 8 heteroatoms.